The monoisotopic (exact) mass is 321 g/mol. The highest BCUT2D eigenvalue weighted by Gasteiger charge is 2.02. The second-order valence-electron chi connectivity index (χ2n) is 6.25. The molecule has 1 aromatic heterocycles. The van der Waals surface area contributed by atoms with Crippen molar-refractivity contribution in [3.05, 3.63) is 65.7 Å². The first-order valence-electron chi connectivity index (χ1n) is 8.12. The van der Waals surface area contributed by atoms with Crippen molar-refractivity contribution in [2.75, 3.05) is 26.4 Å². The van der Waals surface area contributed by atoms with Gasteiger partial charge in [-0.1, -0.05) is 24.3 Å². The molecule has 4 nitrogen and oxygen atoms in total. The maximum absolute atomic E-state index is 5.95. The summed E-state index contributed by atoms with van der Waals surface area (Å²) >= 11 is 0. The average molecular weight is 321 g/mol. The third kappa shape index (κ3) is 4.24. The number of aromatic nitrogens is 1. The van der Waals surface area contributed by atoms with Crippen LogP contribution >= 0.6 is 0 Å². The summed E-state index contributed by atoms with van der Waals surface area (Å²) in [6.07, 6.45) is 1.02. The van der Waals surface area contributed by atoms with Crippen LogP contribution in [-0.4, -0.2) is 30.5 Å². The third-order valence-electron chi connectivity index (χ3n) is 3.93. The molecule has 0 aliphatic heterocycles. The standard InChI is InChI=1S/C20H23N3O/c1-23(2)11-10-15-4-3-5-18(12-15)24-14-16-6-7-17-8-9-20(21)22-19(17)13-16/h3-9,12-13H,10-11,14H2,1-2H3,(H2,21,22). The molecular formula is C20H23N3O. The van der Waals surface area contributed by atoms with Crippen LogP contribution in [0.2, 0.25) is 0 Å². The van der Waals surface area contributed by atoms with Crippen LogP contribution in [0.5, 0.6) is 5.75 Å². The number of anilines is 1. The largest absolute Gasteiger partial charge is 0.489 e. The first-order chi connectivity index (χ1) is 11.6. The molecule has 0 atom stereocenters. The second kappa shape index (κ2) is 7.32. The van der Waals surface area contributed by atoms with Gasteiger partial charge in [-0.3, -0.25) is 0 Å². The Kier molecular flexibility index (Phi) is 4.96. The Labute approximate surface area is 142 Å². The smallest absolute Gasteiger partial charge is 0.124 e. The Balaban J connectivity index is 1.68. The first-order valence-corrected chi connectivity index (χ1v) is 8.12. The quantitative estimate of drug-likeness (QED) is 0.755. The van der Waals surface area contributed by atoms with Gasteiger partial charge < -0.3 is 15.4 Å². The van der Waals surface area contributed by atoms with E-state index in [4.69, 9.17) is 10.5 Å². The zero-order chi connectivity index (χ0) is 16.9. The summed E-state index contributed by atoms with van der Waals surface area (Å²) in [6, 6.07) is 18.2. The van der Waals surface area contributed by atoms with E-state index in [9.17, 15) is 0 Å². The van der Waals surface area contributed by atoms with Crippen molar-refractivity contribution in [3.63, 3.8) is 0 Å². The van der Waals surface area contributed by atoms with Crippen LogP contribution in [0.15, 0.2) is 54.6 Å². The van der Waals surface area contributed by atoms with Gasteiger partial charge in [0.15, 0.2) is 0 Å². The van der Waals surface area contributed by atoms with Gasteiger partial charge >= 0.3 is 0 Å². The lowest BCUT2D eigenvalue weighted by Crippen LogP contribution is -2.15. The van der Waals surface area contributed by atoms with Crippen molar-refractivity contribution in [1.82, 2.24) is 9.88 Å². The number of benzene rings is 2. The molecule has 3 rings (SSSR count). The van der Waals surface area contributed by atoms with Gasteiger partial charge in [0.05, 0.1) is 5.52 Å². The van der Waals surface area contributed by atoms with E-state index in [-0.39, 0.29) is 0 Å². The number of nitrogen functional groups attached to an aromatic ring is 1. The van der Waals surface area contributed by atoms with Gasteiger partial charge in [0.25, 0.3) is 0 Å². The number of pyridine rings is 1. The number of hydrogen-bond donors (Lipinski definition) is 1. The van der Waals surface area contributed by atoms with E-state index < -0.39 is 0 Å². The molecule has 0 saturated heterocycles. The Morgan fingerprint density at radius 1 is 1.00 bits per heavy atom. The molecule has 3 aromatic rings. The molecular weight excluding hydrogens is 298 g/mol. The molecule has 0 spiro atoms. The highest BCUT2D eigenvalue weighted by molar-refractivity contribution is 5.80. The molecule has 4 heteroatoms. The molecule has 0 bridgehead atoms. The first kappa shape index (κ1) is 16.3. The van der Waals surface area contributed by atoms with Gasteiger partial charge in [-0.15, -0.1) is 0 Å². The number of likely N-dealkylation sites (N-methyl/N-ethyl adjacent to an activating group) is 1. The fraction of sp³-hybridized carbons (Fsp3) is 0.250. The number of rotatable bonds is 6. The van der Waals surface area contributed by atoms with Crippen molar-refractivity contribution in [2.24, 2.45) is 0 Å². The van der Waals surface area contributed by atoms with Crippen molar-refractivity contribution in [2.45, 2.75) is 13.0 Å². The van der Waals surface area contributed by atoms with Crippen LogP contribution in [-0.2, 0) is 13.0 Å². The molecule has 0 aliphatic carbocycles. The summed E-state index contributed by atoms with van der Waals surface area (Å²) in [5.41, 5.74) is 9.03. The Morgan fingerprint density at radius 2 is 1.83 bits per heavy atom. The Bertz CT molecular complexity index is 830. The number of ether oxygens (including phenoxy) is 1. The average Bonchev–Trinajstić information content (AvgIpc) is 2.58. The molecule has 2 N–H and O–H groups in total. The summed E-state index contributed by atoms with van der Waals surface area (Å²) in [7, 11) is 4.17. The molecule has 2 aromatic carbocycles. The van der Waals surface area contributed by atoms with E-state index in [0.717, 1.165) is 35.2 Å². The summed E-state index contributed by atoms with van der Waals surface area (Å²) in [5.74, 6) is 1.43. The normalized spacial score (nSPS) is 11.1. The maximum Gasteiger partial charge on any atom is 0.124 e. The molecule has 0 amide bonds. The molecule has 1 heterocycles. The molecule has 24 heavy (non-hydrogen) atoms. The zero-order valence-corrected chi connectivity index (χ0v) is 14.2. The van der Waals surface area contributed by atoms with Crippen LogP contribution in [0, 0.1) is 0 Å². The highest BCUT2D eigenvalue weighted by atomic mass is 16.5. The minimum Gasteiger partial charge on any atom is -0.489 e. The van der Waals surface area contributed by atoms with E-state index >= 15 is 0 Å². The number of nitrogens with two attached hydrogens (primary N) is 1. The van der Waals surface area contributed by atoms with Gasteiger partial charge in [0, 0.05) is 11.9 Å². The topological polar surface area (TPSA) is 51.4 Å². The van der Waals surface area contributed by atoms with Gasteiger partial charge in [-0.05, 0) is 62.0 Å². The SMILES string of the molecule is CN(C)CCc1cccc(OCc2ccc3ccc(N)nc3c2)c1. The molecule has 0 aliphatic rings. The van der Waals surface area contributed by atoms with E-state index in [1.807, 2.05) is 36.4 Å². The Hall–Kier alpha value is -2.59. The predicted molar refractivity (Wildman–Crippen MR) is 99.2 cm³/mol. The molecule has 0 unspecified atom stereocenters. The molecule has 0 saturated carbocycles. The van der Waals surface area contributed by atoms with Crippen molar-refractivity contribution in [1.29, 1.82) is 0 Å². The van der Waals surface area contributed by atoms with Gasteiger partial charge in [-0.2, -0.15) is 0 Å². The highest BCUT2D eigenvalue weighted by Crippen LogP contribution is 2.19. The zero-order valence-electron chi connectivity index (χ0n) is 14.2. The lowest BCUT2D eigenvalue weighted by Gasteiger charge is -2.11. The summed E-state index contributed by atoms with van der Waals surface area (Å²) < 4.78 is 5.95. The van der Waals surface area contributed by atoms with Crippen molar-refractivity contribution < 1.29 is 4.74 Å². The van der Waals surface area contributed by atoms with Crippen LogP contribution < -0.4 is 10.5 Å². The molecule has 124 valence electrons. The van der Waals surface area contributed by atoms with E-state index in [0.29, 0.717) is 12.4 Å². The summed E-state index contributed by atoms with van der Waals surface area (Å²) in [4.78, 5) is 6.55. The number of hydrogen-bond acceptors (Lipinski definition) is 4. The van der Waals surface area contributed by atoms with E-state index in [1.54, 1.807) is 0 Å². The fourth-order valence-corrected chi connectivity index (χ4v) is 2.58. The van der Waals surface area contributed by atoms with Crippen LogP contribution in [0.4, 0.5) is 5.82 Å². The molecule has 0 radical (unpaired) electrons. The lowest BCUT2D eigenvalue weighted by molar-refractivity contribution is 0.306. The molecule has 0 fully saturated rings. The summed E-state index contributed by atoms with van der Waals surface area (Å²) in [5, 5.41) is 1.08. The third-order valence-corrected chi connectivity index (χ3v) is 3.93. The summed E-state index contributed by atoms with van der Waals surface area (Å²) in [6.45, 7) is 1.55. The number of nitrogens with zero attached hydrogens (tertiary/aromatic N) is 2. The van der Waals surface area contributed by atoms with Crippen molar-refractivity contribution in [3.8, 4) is 5.75 Å². The van der Waals surface area contributed by atoms with Gasteiger partial charge in [-0.25, -0.2) is 4.98 Å². The minimum absolute atomic E-state index is 0.517. The lowest BCUT2D eigenvalue weighted by atomic mass is 10.1. The van der Waals surface area contributed by atoms with Crippen LogP contribution in [0.25, 0.3) is 10.9 Å². The van der Waals surface area contributed by atoms with Crippen LogP contribution in [0.1, 0.15) is 11.1 Å². The second-order valence-corrected chi connectivity index (χ2v) is 6.25. The maximum atomic E-state index is 5.95. The number of fused-ring (bicyclic) bond motifs is 1. The fourth-order valence-electron chi connectivity index (χ4n) is 2.58. The van der Waals surface area contributed by atoms with Gasteiger partial charge in [0.1, 0.15) is 18.2 Å². The van der Waals surface area contributed by atoms with Crippen molar-refractivity contribution >= 4 is 16.7 Å². The van der Waals surface area contributed by atoms with Gasteiger partial charge in [0.2, 0.25) is 0 Å². The Morgan fingerprint density at radius 3 is 2.67 bits per heavy atom. The minimum atomic E-state index is 0.517. The predicted octanol–water partition coefficient (Wildman–Crippen LogP) is 3.50. The van der Waals surface area contributed by atoms with E-state index in [1.165, 1.54) is 5.56 Å². The van der Waals surface area contributed by atoms with Crippen LogP contribution in [0.3, 0.4) is 0 Å². The van der Waals surface area contributed by atoms with E-state index in [2.05, 4.69) is 42.2 Å².